The van der Waals surface area contributed by atoms with Crippen LogP contribution >= 0.6 is 23.1 Å². The van der Waals surface area contributed by atoms with Crippen LogP contribution < -0.4 is 5.32 Å². The van der Waals surface area contributed by atoms with Crippen LogP contribution in [0.25, 0.3) is 0 Å². The molecule has 1 aromatic carbocycles. The van der Waals surface area contributed by atoms with Crippen molar-refractivity contribution >= 4 is 29.0 Å². The van der Waals surface area contributed by atoms with E-state index < -0.39 is 0 Å². The molecule has 0 unspecified atom stereocenters. The Balaban J connectivity index is 1.39. The first-order valence-electron chi connectivity index (χ1n) is 8.67. The number of carbonyl (C=O) groups excluding carboxylic acids is 1. The fourth-order valence-corrected chi connectivity index (χ4v) is 4.67. The van der Waals surface area contributed by atoms with Gasteiger partial charge in [0, 0.05) is 19.1 Å². The van der Waals surface area contributed by atoms with Gasteiger partial charge in [0.05, 0.1) is 5.75 Å². The summed E-state index contributed by atoms with van der Waals surface area (Å²) in [5.41, 5.74) is 1.37. The minimum atomic E-state index is 0.0905. The van der Waals surface area contributed by atoms with Gasteiger partial charge >= 0.3 is 0 Å². The van der Waals surface area contributed by atoms with Gasteiger partial charge in [-0.1, -0.05) is 53.4 Å². The number of amides is 1. The minimum absolute atomic E-state index is 0.0905. The largest absolute Gasteiger partial charge is 0.351 e. The molecule has 2 heterocycles. The highest BCUT2D eigenvalue weighted by Crippen LogP contribution is 2.21. The number of thioether (sulfide) groups is 1. The van der Waals surface area contributed by atoms with Crippen molar-refractivity contribution in [3.63, 3.8) is 0 Å². The van der Waals surface area contributed by atoms with Crippen LogP contribution in [-0.4, -0.2) is 52.4 Å². The highest BCUT2D eigenvalue weighted by Gasteiger charge is 2.21. The summed E-state index contributed by atoms with van der Waals surface area (Å²) in [6, 6.07) is 10.8. The third-order valence-electron chi connectivity index (χ3n) is 4.26. The van der Waals surface area contributed by atoms with Gasteiger partial charge in [0.15, 0.2) is 4.34 Å². The molecule has 1 atom stereocenters. The zero-order chi connectivity index (χ0) is 17.5. The summed E-state index contributed by atoms with van der Waals surface area (Å²) in [6.07, 6.45) is 3.27. The highest BCUT2D eigenvalue weighted by atomic mass is 32.2. The molecule has 1 N–H and O–H groups in total. The van der Waals surface area contributed by atoms with E-state index in [0.29, 0.717) is 5.75 Å². The van der Waals surface area contributed by atoms with E-state index in [1.807, 2.05) is 6.92 Å². The van der Waals surface area contributed by atoms with Crippen molar-refractivity contribution in [2.45, 2.75) is 36.6 Å². The summed E-state index contributed by atoms with van der Waals surface area (Å²) in [7, 11) is 0. The summed E-state index contributed by atoms with van der Waals surface area (Å²) in [5.74, 6) is 0.502. The standard InChI is InChI=1S/C18H24N4OS2/c1-14-20-21-18(25-14)24-13-17(23)19-16-8-5-10-22(12-16)11-9-15-6-3-2-4-7-15/h2-4,6-7,16H,5,8-13H2,1H3,(H,19,23)/t16-/m0/s1. The molecule has 25 heavy (non-hydrogen) atoms. The van der Waals surface area contributed by atoms with E-state index >= 15 is 0 Å². The first-order chi connectivity index (χ1) is 12.2. The van der Waals surface area contributed by atoms with E-state index in [9.17, 15) is 4.79 Å². The molecular weight excluding hydrogens is 352 g/mol. The molecule has 7 heteroatoms. The highest BCUT2D eigenvalue weighted by molar-refractivity contribution is 8.01. The topological polar surface area (TPSA) is 58.1 Å². The van der Waals surface area contributed by atoms with Gasteiger partial charge in [0.1, 0.15) is 5.01 Å². The lowest BCUT2D eigenvalue weighted by molar-refractivity contribution is -0.119. The second-order valence-electron chi connectivity index (χ2n) is 6.32. The third-order valence-corrected chi connectivity index (χ3v) is 6.24. The molecule has 2 aromatic rings. The van der Waals surface area contributed by atoms with Crippen molar-refractivity contribution in [2.24, 2.45) is 0 Å². The quantitative estimate of drug-likeness (QED) is 0.753. The van der Waals surface area contributed by atoms with Crippen LogP contribution in [0.1, 0.15) is 23.4 Å². The number of piperidine rings is 1. The second-order valence-corrected chi connectivity index (χ2v) is 8.72. The van der Waals surface area contributed by atoms with Crippen molar-refractivity contribution in [2.75, 3.05) is 25.4 Å². The number of likely N-dealkylation sites (tertiary alicyclic amines) is 1. The Labute approximate surface area is 157 Å². The van der Waals surface area contributed by atoms with Crippen molar-refractivity contribution in [3.8, 4) is 0 Å². The molecule has 1 aliphatic rings. The molecule has 0 radical (unpaired) electrons. The molecule has 3 rings (SSSR count). The summed E-state index contributed by atoms with van der Waals surface area (Å²) >= 11 is 3.00. The van der Waals surface area contributed by atoms with Gasteiger partial charge in [-0.25, -0.2) is 0 Å². The summed E-state index contributed by atoms with van der Waals surface area (Å²) in [6.45, 7) is 5.04. The molecule has 1 saturated heterocycles. The van der Waals surface area contributed by atoms with Crippen LogP contribution in [0.5, 0.6) is 0 Å². The number of hydrogen-bond acceptors (Lipinski definition) is 6. The number of nitrogens with one attached hydrogen (secondary N) is 1. The van der Waals surface area contributed by atoms with E-state index in [1.54, 1.807) is 0 Å². The van der Waals surface area contributed by atoms with Crippen molar-refractivity contribution in [1.82, 2.24) is 20.4 Å². The lowest BCUT2D eigenvalue weighted by atomic mass is 10.0. The van der Waals surface area contributed by atoms with Crippen molar-refractivity contribution in [1.29, 1.82) is 0 Å². The van der Waals surface area contributed by atoms with Crippen LogP contribution in [0.2, 0.25) is 0 Å². The van der Waals surface area contributed by atoms with Crippen molar-refractivity contribution < 1.29 is 4.79 Å². The maximum Gasteiger partial charge on any atom is 0.230 e. The Bertz CT molecular complexity index is 677. The Morgan fingerprint density at radius 3 is 2.96 bits per heavy atom. The van der Waals surface area contributed by atoms with Gasteiger partial charge in [-0.15, -0.1) is 10.2 Å². The zero-order valence-electron chi connectivity index (χ0n) is 14.5. The van der Waals surface area contributed by atoms with Crippen molar-refractivity contribution in [3.05, 3.63) is 40.9 Å². The SMILES string of the molecule is Cc1nnc(SCC(=O)N[C@H]2CCCN(CCc3ccccc3)C2)s1. The van der Waals surface area contributed by atoms with Gasteiger partial charge in [-0.3, -0.25) is 4.79 Å². The third kappa shape index (κ3) is 6.09. The molecule has 1 aromatic heterocycles. The lowest BCUT2D eigenvalue weighted by Gasteiger charge is -2.33. The number of benzene rings is 1. The summed E-state index contributed by atoms with van der Waals surface area (Å²) in [4.78, 5) is 14.6. The monoisotopic (exact) mass is 376 g/mol. The Morgan fingerprint density at radius 1 is 1.36 bits per heavy atom. The van der Waals surface area contributed by atoms with E-state index in [4.69, 9.17) is 0 Å². The molecule has 1 aliphatic heterocycles. The van der Waals surface area contributed by atoms with Crippen LogP contribution in [0, 0.1) is 6.92 Å². The smallest absolute Gasteiger partial charge is 0.230 e. The molecule has 5 nitrogen and oxygen atoms in total. The van der Waals surface area contributed by atoms with Gasteiger partial charge in [0.2, 0.25) is 5.91 Å². The average Bonchev–Trinajstić information content (AvgIpc) is 3.05. The first kappa shape index (κ1) is 18.4. The number of aryl methyl sites for hydroxylation is 1. The Hall–Kier alpha value is -1.44. The number of rotatable bonds is 7. The van der Waals surface area contributed by atoms with E-state index in [1.165, 1.54) is 28.7 Å². The van der Waals surface area contributed by atoms with Crippen LogP contribution in [-0.2, 0) is 11.2 Å². The number of aromatic nitrogens is 2. The Morgan fingerprint density at radius 2 is 2.20 bits per heavy atom. The molecule has 1 fully saturated rings. The molecular formula is C18H24N4OS2. The predicted octanol–water partition coefficient (Wildman–Crippen LogP) is 2.76. The normalized spacial score (nSPS) is 18.2. The maximum absolute atomic E-state index is 12.2. The summed E-state index contributed by atoms with van der Waals surface area (Å²) < 4.78 is 0.862. The minimum Gasteiger partial charge on any atom is -0.351 e. The molecule has 1 amide bonds. The summed E-state index contributed by atoms with van der Waals surface area (Å²) in [5, 5.41) is 12.1. The average molecular weight is 377 g/mol. The van der Waals surface area contributed by atoms with Crippen LogP contribution in [0.15, 0.2) is 34.7 Å². The zero-order valence-corrected chi connectivity index (χ0v) is 16.1. The van der Waals surface area contributed by atoms with Gasteiger partial charge < -0.3 is 10.2 Å². The first-order valence-corrected chi connectivity index (χ1v) is 10.5. The fraction of sp³-hybridized carbons (Fsp3) is 0.500. The molecule has 134 valence electrons. The van der Waals surface area contributed by atoms with E-state index in [2.05, 4.69) is 50.7 Å². The molecule has 0 saturated carbocycles. The maximum atomic E-state index is 12.2. The lowest BCUT2D eigenvalue weighted by Crippen LogP contribution is -2.48. The van der Waals surface area contributed by atoms with Gasteiger partial charge in [-0.2, -0.15) is 0 Å². The van der Waals surface area contributed by atoms with Crippen LogP contribution in [0.3, 0.4) is 0 Å². The second kappa shape index (κ2) is 9.31. The van der Waals surface area contributed by atoms with E-state index in [-0.39, 0.29) is 11.9 Å². The molecule has 0 spiro atoms. The Kier molecular flexibility index (Phi) is 6.84. The van der Waals surface area contributed by atoms with Gasteiger partial charge in [0.25, 0.3) is 0 Å². The fourth-order valence-electron chi connectivity index (χ4n) is 3.04. The number of nitrogens with zero attached hydrogens (tertiary/aromatic N) is 3. The molecule has 0 aliphatic carbocycles. The molecule has 0 bridgehead atoms. The number of carbonyl (C=O) groups is 1. The number of hydrogen-bond donors (Lipinski definition) is 1. The van der Waals surface area contributed by atoms with Crippen LogP contribution in [0.4, 0.5) is 0 Å². The van der Waals surface area contributed by atoms with E-state index in [0.717, 1.165) is 48.2 Å². The van der Waals surface area contributed by atoms with Gasteiger partial charge in [-0.05, 0) is 38.3 Å². The predicted molar refractivity (Wildman–Crippen MR) is 103 cm³/mol.